The van der Waals surface area contributed by atoms with Crippen LogP contribution in [0.3, 0.4) is 0 Å². The highest BCUT2D eigenvalue weighted by atomic mass is 32.1. The van der Waals surface area contributed by atoms with Crippen LogP contribution >= 0.6 is 12.2 Å². The number of anilines is 1. The Morgan fingerprint density at radius 3 is 2.61 bits per heavy atom. The van der Waals surface area contributed by atoms with Crippen LogP contribution in [0.15, 0.2) is 61.1 Å². The number of benzene rings is 1. The Balaban J connectivity index is 1.58. The van der Waals surface area contributed by atoms with E-state index in [2.05, 4.69) is 44.3 Å². The van der Waals surface area contributed by atoms with Gasteiger partial charge >= 0.3 is 0 Å². The highest BCUT2D eigenvalue weighted by molar-refractivity contribution is 7.80. The second-order valence-corrected chi connectivity index (χ2v) is 9.10. The summed E-state index contributed by atoms with van der Waals surface area (Å²) in [5, 5.41) is 4.19. The van der Waals surface area contributed by atoms with E-state index in [1.54, 1.807) is 14.2 Å². The molecule has 3 aromatic rings. The molecule has 0 spiro atoms. The van der Waals surface area contributed by atoms with Gasteiger partial charge in [0, 0.05) is 30.7 Å². The zero-order valence-corrected chi connectivity index (χ0v) is 19.9. The molecule has 3 heterocycles. The monoisotopic (exact) mass is 462 g/mol. The molecule has 7 heteroatoms. The van der Waals surface area contributed by atoms with E-state index >= 15 is 0 Å². The number of thiocarbonyl (C=S) groups is 1. The van der Waals surface area contributed by atoms with Crippen molar-refractivity contribution in [2.75, 3.05) is 19.1 Å². The van der Waals surface area contributed by atoms with E-state index in [0.717, 1.165) is 22.9 Å². The summed E-state index contributed by atoms with van der Waals surface area (Å²) >= 11 is 5.87. The third-order valence-electron chi connectivity index (χ3n) is 6.82. The fourth-order valence-corrected chi connectivity index (χ4v) is 5.49. The Hall–Kier alpha value is -3.06. The Morgan fingerprint density at radius 2 is 1.88 bits per heavy atom. The first-order valence-corrected chi connectivity index (χ1v) is 12.0. The lowest BCUT2D eigenvalue weighted by Gasteiger charge is -2.29. The Morgan fingerprint density at radius 1 is 1.03 bits per heavy atom. The summed E-state index contributed by atoms with van der Waals surface area (Å²) in [5.41, 5.74) is 3.08. The highest BCUT2D eigenvalue weighted by Crippen LogP contribution is 2.45. The van der Waals surface area contributed by atoms with Gasteiger partial charge in [-0.25, -0.2) is 0 Å². The Labute approximate surface area is 200 Å². The standard InChI is InChI=1S/C26H30N4O2S/c1-31-20-11-12-22(23(16-20)32-2)30-25(24(28-26(30)33)21-10-6-7-14-27-21)18-13-15-29(17-18)19-8-4-3-5-9-19/h6-7,10-17,19,24-25H,3-5,8-9H2,1-2H3,(H,28,33)/t24-,25-/m0/s1. The summed E-state index contributed by atoms with van der Waals surface area (Å²) in [5.74, 6) is 1.46. The van der Waals surface area contributed by atoms with Gasteiger partial charge in [-0.1, -0.05) is 25.3 Å². The average Bonchev–Trinajstić information content (AvgIpc) is 3.49. The van der Waals surface area contributed by atoms with E-state index in [1.165, 1.54) is 37.7 Å². The maximum Gasteiger partial charge on any atom is 0.174 e. The van der Waals surface area contributed by atoms with Crippen LogP contribution in [0.1, 0.15) is 61.5 Å². The number of nitrogens with zero attached hydrogens (tertiary/aromatic N) is 3. The lowest BCUT2D eigenvalue weighted by Crippen LogP contribution is -2.29. The molecule has 2 aliphatic rings. The lowest BCUT2D eigenvalue weighted by atomic mass is 9.95. The van der Waals surface area contributed by atoms with Crippen LogP contribution in [-0.4, -0.2) is 28.9 Å². The largest absolute Gasteiger partial charge is 0.497 e. The van der Waals surface area contributed by atoms with Crippen LogP contribution in [-0.2, 0) is 0 Å². The van der Waals surface area contributed by atoms with Crippen molar-refractivity contribution in [2.24, 2.45) is 0 Å². The SMILES string of the molecule is COc1ccc(N2C(=S)N[C@@H](c3ccccn3)[C@@H]2c2ccn(C3CCCCC3)c2)c(OC)c1. The first kappa shape index (κ1) is 21.8. The van der Waals surface area contributed by atoms with Crippen LogP contribution in [0.4, 0.5) is 5.69 Å². The van der Waals surface area contributed by atoms with Crippen molar-refractivity contribution in [2.45, 2.75) is 50.2 Å². The summed E-state index contributed by atoms with van der Waals surface area (Å²) in [6, 6.07) is 14.5. The first-order valence-electron chi connectivity index (χ1n) is 11.6. The van der Waals surface area contributed by atoms with Gasteiger partial charge in [-0.05, 0) is 61.0 Å². The quantitative estimate of drug-likeness (QED) is 0.483. The molecule has 1 aromatic carbocycles. The fourth-order valence-electron chi connectivity index (χ4n) is 5.15. The molecule has 0 unspecified atom stereocenters. The van der Waals surface area contributed by atoms with E-state index < -0.39 is 0 Å². The minimum Gasteiger partial charge on any atom is -0.497 e. The normalized spacial score (nSPS) is 21.2. The summed E-state index contributed by atoms with van der Waals surface area (Å²) in [6.45, 7) is 0. The van der Waals surface area contributed by atoms with Crippen LogP contribution in [0.5, 0.6) is 11.5 Å². The van der Waals surface area contributed by atoms with Gasteiger partial charge in [0.05, 0.1) is 37.7 Å². The maximum absolute atomic E-state index is 5.87. The minimum absolute atomic E-state index is 0.0560. The Kier molecular flexibility index (Phi) is 6.22. The van der Waals surface area contributed by atoms with Crippen molar-refractivity contribution < 1.29 is 9.47 Å². The van der Waals surface area contributed by atoms with Crippen molar-refractivity contribution >= 4 is 23.0 Å². The molecule has 6 nitrogen and oxygen atoms in total. The molecule has 0 bridgehead atoms. The second-order valence-electron chi connectivity index (χ2n) is 8.72. The molecule has 1 aliphatic carbocycles. The van der Waals surface area contributed by atoms with Gasteiger partial charge in [0.2, 0.25) is 0 Å². The topological polar surface area (TPSA) is 51.5 Å². The van der Waals surface area contributed by atoms with Gasteiger partial charge in [-0.2, -0.15) is 0 Å². The van der Waals surface area contributed by atoms with Gasteiger partial charge in [-0.3, -0.25) is 4.98 Å². The second kappa shape index (κ2) is 9.43. The third-order valence-corrected chi connectivity index (χ3v) is 7.13. The maximum atomic E-state index is 5.87. The summed E-state index contributed by atoms with van der Waals surface area (Å²) in [4.78, 5) is 6.82. The Bertz CT molecular complexity index is 1110. The fraction of sp³-hybridized carbons (Fsp3) is 0.385. The number of nitrogens with one attached hydrogen (secondary N) is 1. The molecule has 2 atom stereocenters. The summed E-state index contributed by atoms with van der Waals surface area (Å²) in [6.07, 6.45) is 12.8. The van der Waals surface area contributed by atoms with Crippen LogP contribution in [0.2, 0.25) is 0 Å². The van der Waals surface area contributed by atoms with E-state index in [1.807, 2.05) is 36.5 Å². The first-order chi connectivity index (χ1) is 16.2. The molecule has 1 saturated carbocycles. The van der Waals surface area contributed by atoms with E-state index in [4.69, 9.17) is 21.7 Å². The number of rotatable bonds is 6. The number of methoxy groups -OCH3 is 2. The van der Waals surface area contributed by atoms with Crippen molar-refractivity contribution in [3.63, 3.8) is 0 Å². The van der Waals surface area contributed by atoms with Gasteiger partial charge in [-0.15, -0.1) is 0 Å². The van der Waals surface area contributed by atoms with Gasteiger partial charge in [0.1, 0.15) is 11.5 Å². The molecule has 2 aromatic heterocycles. The molecule has 0 amide bonds. The third kappa shape index (κ3) is 4.17. The molecule has 33 heavy (non-hydrogen) atoms. The van der Waals surface area contributed by atoms with E-state index in [-0.39, 0.29) is 12.1 Å². The molecule has 0 radical (unpaired) electrons. The van der Waals surface area contributed by atoms with Crippen molar-refractivity contribution in [1.82, 2.24) is 14.9 Å². The number of hydrogen-bond acceptors (Lipinski definition) is 4. The molecule has 1 saturated heterocycles. The highest BCUT2D eigenvalue weighted by Gasteiger charge is 2.42. The molecule has 2 fully saturated rings. The lowest BCUT2D eigenvalue weighted by molar-refractivity contribution is 0.353. The van der Waals surface area contributed by atoms with Crippen molar-refractivity contribution in [3.05, 3.63) is 72.3 Å². The summed E-state index contributed by atoms with van der Waals surface area (Å²) < 4.78 is 13.6. The molecule has 1 N–H and O–H groups in total. The van der Waals surface area contributed by atoms with Gasteiger partial charge in [0.15, 0.2) is 5.11 Å². The average molecular weight is 463 g/mol. The smallest absolute Gasteiger partial charge is 0.174 e. The van der Waals surface area contributed by atoms with Crippen molar-refractivity contribution in [3.8, 4) is 11.5 Å². The number of hydrogen-bond donors (Lipinski definition) is 1. The molecular weight excluding hydrogens is 432 g/mol. The number of aromatic nitrogens is 2. The molecule has 1 aliphatic heterocycles. The number of ether oxygens (including phenoxy) is 2. The predicted molar refractivity (Wildman–Crippen MR) is 134 cm³/mol. The zero-order chi connectivity index (χ0) is 22.8. The van der Waals surface area contributed by atoms with E-state index in [0.29, 0.717) is 11.2 Å². The van der Waals surface area contributed by atoms with Crippen molar-refractivity contribution in [1.29, 1.82) is 0 Å². The van der Waals surface area contributed by atoms with Gasteiger partial charge < -0.3 is 24.3 Å². The van der Waals surface area contributed by atoms with E-state index in [9.17, 15) is 0 Å². The van der Waals surface area contributed by atoms with Crippen LogP contribution < -0.4 is 19.7 Å². The van der Waals surface area contributed by atoms with Gasteiger partial charge in [0.25, 0.3) is 0 Å². The zero-order valence-electron chi connectivity index (χ0n) is 19.1. The predicted octanol–water partition coefficient (Wildman–Crippen LogP) is 5.58. The minimum atomic E-state index is -0.0762. The molecule has 5 rings (SSSR count). The van der Waals surface area contributed by atoms with Crippen LogP contribution in [0, 0.1) is 0 Å². The molecular formula is C26H30N4O2S. The van der Waals surface area contributed by atoms with Crippen LogP contribution in [0.25, 0.3) is 0 Å². The summed E-state index contributed by atoms with van der Waals surface area (Å²) in [7, 11) is 3.33. The number of pyridine rings is 1. The molecule has 172 valence electrons.